The van der Waals surface area contributed by atoms with E-state index in [1.165, 1.54) is 13.8 Å². The molecular formula is C6H11NO3. The van der Waals surface area contributed by atoms with Crippen molar-refractivity contribution in [2.24, 2.45) is 5.92 Å². The molecule has 0 aliphatic rings. The van der Waals surface area contributed by atoms with E-state index < -0.39 is 11.9 Å². The third kappa shape index (κ3) is 3.88. The van der Waals surface area contributed by atoms with Gasteiger partial charge < -0.3 is 10.4 Å². The molecule has 2 N–H and O–H groups in total. The molecule has 0 aliphatic carbocycles. The number of carbonyl (C=O) groups excluding carboxylic acids is 1. The Morgan fingerprint density at radius 2 is 2.10 bits per heavy atom. The quantitative estimate of drug-likeness (QED) is 0.580. The highest BCUT2D eigenvalue weighted by atomic mass is 16.4. The summed E-state index contributed by atoms with van der Waals surface area (Å²) in [5.74, 6) is -1.61. The molecule has 1 amide bonds. The van der Waals surface area contributed by atoms with E-state index in [0.717, 1.165) is 0 Å². The van der Waals surface area contributed by atoms with Crippen LogP contribution >= 0.6 is 0 Å². The minimum atomic E-state index is -0.895. The molecule has 0 saturated heterocycles. The van der Waals surface area contributed by atoms with Crippen molar-refractivity contribution < 1.29 is 14.7 Å². The third-order valence-electron chi connectivity index (χ3n) is 1.08. The van der Waals surface area contributed by atoms with E-state index in [4.69, 9.17) is 5.11 Å². The molecule has 0 aromatic rings. The molecule has 0 saturated carbocycles. The second-order valence-corrected chi connectivity index (χ2v) is 2.18. The Kier molecular flexibility index (Phi) is 3.46. The number of hydrogen-bond donors (Lipinski definition) is 2. The number of hydrogen-bond acceptors (Lipinski definition) is 2. The molecule has 0 aromatic carbocycles. The fourth-order valence-corrected chi connectivity index (χ4v) is 0.384. The van der Waals surface area contributed by atoms with Crippen molar-refractivity contribution in [2.45, 2.75) is 13.8 Å². The summed E-state index contributed by atoms with van der Waals surface area (Å²) in [6.45, 7) is 3.09. The van der Waals surface area contributed by atoms with Gasteiger partial charge in [-0.3, -0.25) is 9.59 Å². The van der Waals surface area contributed by atoms with Gasteiger partial charge in [0.2, 0.25) is 5.91 Å². The van der Waals surface area contributed by atoms with Gasteiger partial charge in [0.05, 0.1) is 5.92 Å². The van der Waals surface area contributed by atoms with Crippen LogP contribution < -0.4 is 5.32 Å². The Labute approximate surface area is 59.2 Å². The average molecular weight is 145 g/mol. The zero-order valence-corrected chi connectivity index (χ0v) is 6.05. The number of aliphatic carboxylic acids is 1. The Balaban J connectivity index is 3.49. The zero-order valence-electron chi connectivity index (χ0n) is 6.05. The molecular weight excluding hydrogens is 134 g/mol. The van der Waals surface area contributed by atoms with Gasteiger partial charge in [0.1, 0.15) is 0 Å². The second-order valence-electron chi connectivity index (χ2n) is 2.18. The monoisotopic (exact) mass is 145 g/mol. The average Bonchev–Trinajstić information content (AvgIpc) is 1.82. The van der Waals surface area contributed by atoms with Crippen molar-refractivity contribution in [1.82, 2.24) is 5.32 Å². The van der Waals surface area contributed by atoms with Gasteiger partial charge in [0, 0.05) is 13.5 Å². The first-order chi connectivity index (χ1) is 4.54. The van der Waals surface area contributed by atoms with Crippen molar-refractivity contribution in [1.29, 1.82) is 0 Å². The minimum Gasteiger partial charge on any atom is -0.481 e. The molecule has 4 nitrogen and oxygen atoms in total. The van der Waals surface area contributed by atoms with E-state index in [2.05, 4.69) is 5.32 Å². The fourth-order valence-electron chi connectivity index (χ4n) is 0.384. The highest BCUT2D eigenvalue weighted by Crippen LogP contribution is 1.90. The molecule has 0 aliphatic heterocycles. The first kappa shape index (κ1) is 8.94. The Bertz CT molecular complexity index is 144. The first-order valence-corrected chi connectivity index (χ1v) is 3.01. The van der Waals surface area contributed by atoms with Crippen molar-refractivity contribution in [2.75, 3.05) is 6.54 Å². The molecule has 0 rings (SSSR count). The van der Waals surface area contributed by atoms with Gasteiger partial charge in [-0.25, -0.2) is 0 Å². The molecule has 0 fully saturated rings. The lowest BCUT2D eigenvalue weighted by molar-refractivity contribution is -0.141. The topological polar surface area (TPSA) is 66.4 Å². The standard InChI is InChI=1S/C6H11NO3/c1-4(6(9)10)3-7-5(2)8/h4H,3H2,1-2H3,(H,7,8)(H,9,10)/t4-/m0/s1. The van der Waals surface area contributed by atoms with Crippen LogP contribution in [0.3, 0.4) is 0 Å². The van der Waals surface area contributed by atoms with Gasteiger partial charge in [-0.2, -0.15) is 0 Å². The maximum Gasteiger partial charge on any atom is 0.308 e. The summed E-state index contributed by atoms with van der Waals surface area (Å²) in [5, 5.41) is 10.8. The molecule has 0 radical (unpaired) electrons. The van der Waals surface area contributed by atoms with Crippen LogP contribution in [0.2, 0.25) is 0 Å². The van der Waals surface area contributed by atoms with E-state index in [1.54, 1.807) is 0 Å². The maximum absolute atomic E-state index is 10.3. The molecule has 58 valence electrons. The lowest BCUT2D eigenvalue weighted by Gasteiger charge is -2.04. The SMILES string of the molecule is CC(=O)NC[C@H](C)C(=O)O. The van der Waals surface area contributed by atoms with Gasteiger partial charge in [-0.15, -0.1) is 0 Å². The molecule has 0 heterocycles. The second kappa shape index (κ2) is 3.87. The van der Waals surface area contributed by atoms with E-state index in [-0.39, 0.29) is 12.5 Å². The molecule has 0 unspecified atom stereocenters. The Hall–Kier alpha value is -1.06. The van der Waals surface area contributed by atoms with Crippen LogP contribution in [0.15, 0.2) is 0 Å². The summed E-state index contributed by atoms with van der Waals surface area (Å²) in [6, 6.07) is 0. The lowest BCUT2D eigenvalue weighted by Crippen LogP contribution is -2.29. The van der Waals surface area contributed by atoms with Crippen LogP contribution in [-0.2, 0) is 9.59 Å². The number of amides is 1. The summed E-state index contributed by atoms with van der Waals surface area (Å²) < 4.78 is 0. The normalized spacial score (nSPS) is 12.2. The van der Waals surface area contributed by atoms with Crippen LogP contribution in [0.1, 0.15) is 13.8 Å². The third-order valence-corrected chi connectivity index (χ3v) is 1.08. The Morgan fingerprint density at radius 1 is 1.60 bits per heavy atom. The van der Waals surface area contributed by atoms with E-state index in [1.807, 2.05) is 0 Å². The number of rotatable bonds is 3. The van der Waals surface area contributed by atoms with E-state index >= 15 is 0 Å². The van der Waals surface area contributed by atoms with Gasteiger partial charge in [-0.05, 0) is 0 Å². The fraction of sp³-hybridized carbons (Fsp3) is 0.667. The van der Waals surface area contributed by atoms with Crippen LogP contribution in [0.25, 0.3) is 0 Å². The smallest absolute Gasteiger partial charge is 0.308 e. The van der Waals surface area contributed by atoms with Crippen LogP contribution in [0.5, 0.6) is 0 Å². The highest BCUT2D eigenvalue weighted by Gasteiger charge is 2.09. The molecule has 0 aromatic heterocycles. The van der Waals surface area contributed by atoms with Crippen LogP contribution in [-0.4, -0.2) is 23.5 Å². The predicted octanol–water partition coefficient (Wildman–Crippen LogP) is -0.157. The van der Waals surface area contributed by atoms with Gasteiger partial charge in [0.15, 0.2) is 0 Å². The van der Waals surface area contributed by atoms with Crippen molar-refractivity contribution >= 4 is 11.9 Å². The first-order valence-electron chi connectivity index (χ1n) is 3.01. The number of carboxylic acid groups (broad SMARTS) is 1. The lowest BCUT2D eigenvalue weighted by atomic mass is 10.2. The minimum absolute atomic E-state index is 0.199. The zero-order chi connectivity index (χ0) is 8.15. The summed E-state index contributed by atoms with van der Waals surface area (Å²) in [7, 11) is 0. The summed E-state index contributed by atoms with van der Waals surface area (Å²) in [4.78, 5) is 20.4. The van der Waals surface area contributed by atoms with Gasteiger partial charge >= 0.3 is 5.97 Å². The summed E-state index contributed by atoms with van der Waals surface area (Å²) >= 11 is 0. The number of carbonyl (C=O) groups is 2. The molecule has 10 heavy (non-hydrogen) atoms. The molecule has 1 atom stereocenters. The van der Waals surface area contributed by atoms with Crippen molar-refractivity contribution in [3.05, 3.63) is 0 Å². The van der Waals surface area contributed by atoms with E-state index in [9.17, 15) is 9.59 Å². The molecule has 0 bridgehead atoms. The Morgan fingerprint density at radius 3 is 2.40 bits per heavy atom. The van der Waals surface area contributed by atoms with Crippen molar-refractivity contribution in [3.8, 4) is 0 Å². The van der Waals surface area contributed by atoms with E-state index in [0.29, 0.717) is 0 Å². The summed E-state index contributed by atoms with van der Waals surface area (Å²) in [5.41, 5.74) is 0. The molecule has 0 spiro atoms. The predicted molar refractivity (Wildman–Crippen MR) is 35.5 cm³/mol. The van der Waals surface area contributed by atoms with Gasteiger partial charge in [0.25, 0.3) is 0 Å². The maximum atomic E-state index is 10.3. The van der Waals surface area contributed by atoms with Gasteiger partial charge in [-0.1, -0.05) is 6.92 Å². The largest absolute Gasteiger partial charge is 0.481 e. The van der Waals surface area contributed by atoms with Crippen LogP contribution in [0, 0.1) is 5.92 Å². The summed E-state index contributed by atoms with van der Waals surface area (Å²) in [6.07, 6.45) is 0. The number of nitrogens with one attached hydrogen (secondary N) is 1. The number of carboxylic acids is 1. The van der Waals surface area contributed by atoms with Crippen LogP contribution in [0.4, 0.5) is 0 Å². The molecule has 4 heteroatoms. The van der Waals surface area contributed by atoms with Crippen molar-refractivity contribution in [3.63, 3.8) is 0 Å². The highest BCUT2D eigenvalue weighted by molar-refractivity contribution is 5.74.